The number of fused-ring (bicyclic) bond motifs is 3. The van der Waals surface area contributed by atoms with Crippen molar-refractivity contribution in [1.82, 2.24) is 5.32 Å². The molecule has 1 heterocycles. The summed E-state index contributed by atoms with van der Waals surface area (Å²) < 4.78 is 0. The summed E-state index contributed by atoms with van der Waals surface area (Å²) in [6.07, 6.45) is 8.36. The normalized spacial score (nSPS) is 43.3. The molecule has 1 aliphatic heterocycles. The van der Waals surface area contributed by atoms with Gasteiger partial charge in [0.15, 0.2) is 0 Å². The van der Waals surface area contributed by atoms with E-state index in [1.54, 1.807) is 6.92 Å². The molecule has 4 nitrogen and oxygen atoms in total. The van der Waals surface area contributed by atoms with E-state index in [-0.39, 0.29) is 17.9 Å². The molecule has 2 aliphatic carbocycles. The number of rotatable bonds is 1. The van der Waals surface area contributed by atoms with Crippen LogP contribution in [0.3, 0.4) is 0 Å². The number of carbonyl (C=O) groups excluding carboxylic acids is 2. The van der Waals surface area contributed by atoms with Gasteiger partial charge in [0.1, 0.15) is 11.6 Å². The van der Waals surface area contributed by atoms with E-state index in [4.69, 9.17) is 5.73 Å². The Kier molecular flexibility index (Phi) is 4.98. The van der Waals surface area contributed by atoms with Crippen LogP contribution in [0.2, 0.25) is 0 Å². The van der Waals surface area contributed by atoms with Crippen molar-refractivity contribution in [1.29, 1.82) is 0 Å². The third-order valence-electron chi connectivity index (χ3n) is 6.49. The van der Waals surface area contributed by atoms with Crippen LogP contribution >= 0.6 is 0 Å². The van der Waals surface area contributed by atoms with Gasteiger partial charge in [-0.25, -0.2) is 0 Å². The van der Waals surface area contributed by atoms with E-state index < -0.39 is 0 Å². The molecule has 6 atom stereocenters. The second kappa shape index (κ2) is 6.79. The topological polar surface area (TPSA) is 72.2 Å². The summed E-state index contributed by atoms with van der Waals surface area (Å²) in [5.41, 5.74) is 6.29. The zero-order valence-electron chi connectivity index (χ0n) is 13.7. The van der Waals surface area contributed by atoms with Crippen LogP contribution in [-0.2, 0) is 9.59 Å². The van der Waals surface area contributed by atoms with Crippen LogP contribution < -0.4 is 11.1 Å². The molecule has 0 radical (unpaired) electrons. The molecule has 0 aromatic carbocycles. The van der Waals surface area contributed by atoms with Crippen molar-refractivity contribution in [3.8, 4) is 0 Å². The van der Waals surface area contributed by atoms with Gasteiger partial charge in [0.2, 0.25) is 0 Å². The average Bonchev–Trinajstić information content (AvgIpc) is 2.56. The molecule has 0 aromatic rings. The highest BCUT2D eigenvalue weighted by molar-refractivity contribution is 5.82. The van der Waals surface area contributed by atoms with E-state index in [0.717, 1.165) is 56.9 Å². The first kappa shape index (κ1) is 16.1. The van der Waals surface area contributed by atoms with Crippen LogP contribution in [0.1, 0.15) is 58.3 Å². The number of hydrogen-bond acceptors (Lipinski definition) is 4. The predicted octanol–water partition coefficient (Wildman–Crippen LogP) is 2.06. The lowest BCUT2D eigenvalue weighted by Gasteiger charge is -2.45. The number of ketones is 2. The van der Waals surface area contributed by atoms with E-state index in [2.05, 4.69) is 5.32 Å². The Morgan fingerprint density at radius 3 is 2.55 bits per heavy atom. The number of nitrogens with two attached hydrogens (primary N) is 1. The first-order valence-electron chi connectivity index (χ1n) is 9.07. The molecule has 0 spiro atoms. The van der Waals surface area contributed by atoms with Gasteiger partial charge in [0, 0.05) is 18.9 Å². The molecule has 0 aromatic heterocycles. The summed E-state index contributed by atoms with van der Waals surface area (Å²) in [5, 5.41) is 3.39. The minimum absolute atomic E-state index is 0.0677. The molecule has 22 heavy (non-hydrogen) atoms. The minimum Gasteiger partial charge on any atom is -0.326 e. The summed E-state index contributed by atoms with van der Waals surface area (Å²) in [7, 11) is 0. The number of nitrogens with one attached hydrogen (secondary N) is 1. The van der Waals surface area contributed by atoms with E-state index in [1.807, 2.05) is 0 Å². The Morgan fingerprint density at radius 1 is 1.05 bits per heavy atom. The second-order valence-corrected chi connectivity index (χ2v) is 7.78. The molecule has 2 saturated carbocycles. The van der Waals surface area contributed by atoms with Crippen LogP contribution in [0.25, 0.3) is 0 Å². The highest BCUT2D eigenvalue weighted by Gasteiger charge is 2.42. The van der Waals surface area contributed by atoms with Crippen LogP contribution in [-0.4, -0.2) is 30.2 Å². The van der Waals surface area contributed by atoms with E-state index in [9.17, 15) is 9.59 Å². The second-order valence-electron chi connectivity index (χ2n) is 7.78. The first-order valence-corrected chi connectivity index (χ1v) is 9.07. The zero-order chi connectivity index (χ0) is 15.7. The summed E-state index contributed by atoms with van der Waals surface area (Å²) in [6, 6.07) is -0.245. The van der Waals surface area contributed by atoms with Crippen molar-refractivity contribution in [3.63, 3.8) is 0 Å². The number of carbonyl (C=O) groups is 2. The van der Waals surface area contributed by atoms with Gasteiger partial charge in [-0.2, -0.15) is 0 Å². The molecule has 0 bridgehead atoms. The van der Waals surface area contributed by atoms with E-state index >= 15 is 0 Å². The molecular formula is C18H30N2O2. The lowest BCUT2D eigenvalue weighted by Crippen LogP contribution is -2.49. The summed E-state index contributed by atoms with van der Waals surface area (Å²) >= 11 is 0. The molecular weight excluding hydrogens is 276 g/mol. The quantitative estimate of drug-likeness (QED) is 0.778. The van der Waals surface area contributed by atoms with Crippen molar-refractivity contribution < 1.29 is 9.59 Å². The molecule has 3 N–H and O–H groups in total. The molecule has 0 amide bonds. The first-order chi connectivity index (χ1) is 10.6. The number of Topliss-reactive ketones (excluding diaryl/α,β-unsaturated/α-hetero) is 2. The Labute approximate surface area is 133 Å². The monoisotopic (exact) mass is 306 g/mol. The molecule has 1 saturated heterocycles. The maximum atomic E-state index is 11.8. The van der Waals surface area contributed by atoms with Gasteiger partial charge in [-0.1, -0.05) is 0 Å². The van der Waals surface area contributed by atoms with E-state index in [0.29, 0.717) is 17.6 Å². The maximum Gasteiger partial charge on any atom is 0.148 e. The molecule has 0 unspecified atom stereocenters. The van der Waals surface area contributed by atoms with Gasteiger partial charge in [0.05, 0.1) is 6.04 Å². The van der Waals surface area contributed by atoms with Crippen molar-refractivity contribution in [2.24, 2.45) is 29.4 Å². The zero-order valence-corrected chi connectivity index (χ0v) is 13.7. The SMILES string of the molecule is CC(=O)[C@H]1NCC[C@@H]2CC[C@H]3CC(=O)CC[C@@H]3[C@H]2CC[C@H]1N. The maximum absolute atomic E-state index is 11.8. The summed E-state index contributed by atoms with van der Waals surface area (Å²) in [5.74, 6) is 3.44. The highest BCUT2D eigenvalue weighted by Crippen LogP contribution is 2.48. The highest BCUT2D eigenvalue weighted by atomic mass is 16.1. The van der Waals surface area contributed by atoms with Gasteiger partial charge in [-0.15, -0.1) is 0 Å². The summed E-state index contributed by atoms with van der Waals surface area (Å²) in [4.78, 5) is 23.5. The van der Waals surface area contributed by atoms with Crippen LogP contribution in [0, 0.1) is 23.7 Å². The standard InChI is InChI=1S/C18H30N2O2/c1-11(21)18-17(19)7-6-15-12(8-9-20-18)2-3-13-10-14(22)4-5-16(13)15/h12-13,15-18,20H,2-10,19H2,1H3/t12-,13-,15-,16-,17+,18+/m0/s1. The van der Waals surface area contributed by atoms with Gasteiger partial charge >= 0.3 is 0 Å². The molecule has 124 valence electrons. The fraction of sp³-hybridized carbons (Fsp3) is 0.889. The fourth-order valence-corrected chi connectivity index (χ4v) is 5.36. The average molecular weight is 306 g/mol. The van der Waals surface area contributed by atoms with Crippen molar-refractivity contribution in [2.75, 3.05) is 6.54 Å². The predicted molar refractivity (Wildman–Crippen MR) is 86.4 cm³/mol. The fourth-order valence-electron chi connectivity index (χ4n) is 5.36. The minimum atomic E-state index is -0.177. The lowest BCUT2D eigenvalue weighted by molar-refractivity contribution is -0.125. The van der Waals surface area contributed by atoms with E-state index in [1.165, 1.54) is 12.8 Å². The third-order valence-corrected chi connectivity index (χ3v) is 6.49. The molecule has 3 aliphatic rings. The summed E-state index contributed by atoms with van der Waals surface area (Å²) in [6.45, 7) is 2.54. The number of hydrogen-bond donors (Lipinski definition) is 2. The largest absolute Gasteiger partial charge is 0.326 e. The third kappa shape index (κ3) is 3.28. The molecule has 3 rings (SSSR count). The Hall–Kier alpha value is -0.740. The molecule has 4 heteroatoms. The van der Waals surface area contributed by atoms with Crippen molar-refractivity contribution in [3.05, 3.63) is 0 Å². The Bertz CT molecular complexity index is 437. The van der Waals surface area contributed by atoms with Crippen LogP contribution in [0.15, 0.2) is 0 Å². The van der Waals surface area contributed by atoms with Gasteiger partial charge in [-0.05, 0) is 75.7 Å². The Morgan fingerprint density at radius 2 is 1.77 bits per heavy atom. The van der Waals surface area contributed by atoms with Gasteiger partial charge < -0.3 is 11.1 Å². The smallest absolute Gasteiger partial charge is 0.148 e. The lowest BCUT2D eigenvalue weighted by atomic mass is 9.59. The van der Waals surface area contributed by atoms with Gasteiger partial charge in [-0.3, -0.25) is 9.59 Å². The van der Waals surface area contributed by atoms with Crippen LogP contribution in [0.5, 0.6) is 0 Å². The van der Waals surface area contributed by atoms with Crippen molar-refractivity contribution >= 4 is 11.6 Å². The Balaban J connectivity index is 1.72. The van der Waals surface area contributed by atoms with Crippen molar-refractivity contribution in [2.45, 2.75) is 70.4 Å². The van der Waals surface area contributed by atoms with Gasteiger partial charge in [0.25, 0.3) is 0 Å². The molecule has 3 fully saturated rings. The van der Waals surface area contributed by atoms with Crippen LogP contribution in [0.4, 0.5) is 0 Å².